The zero-order chi connectivity index (χ0) is 14.1. The lowest BCUT2D eigenvalue weighted by Gasteiger charge is -2.22. The molecule has 1 aliphatic rings. The Morgan fingerprint density at radius 2 is 1.26 bits per heavy atom. The van der Waals surface area contributed by atoms with Gasteiger partial charge in [-0.1, -0.05) is 65.7 Å². The molecule has 1 rings (SSSR count). The Kier molecular flexibility index (Phi) is 8.77. The Hall–Kier alpha value is -0.0400. The van der Waals surface area contributed by atoms with Gasteiger partial charge >= 0.3 is 0 Å². The molecule has 0 saturated carbocycles. The van der Waals surface area contributed by atoms with Crippen molar-refractivity contribution in [1.29, 1.82) is 0 Å². The molecule has 1 heterocycles. The largest absolute Gasteiger partial charge is 0.314 e. The summed E-state index contributed by atoms with van der Waals surface area (Å²) in [6.45, 7) is 10.9. The van der Waals surface area contributed by atoms with Crippen molar-refractivity contribution in [2.45, 2.75) is 91.5 Å². The topological polar surface area (TPSA) is 12.0 Å². The zero-order valence-corrected chi connectivity index (χ0v) is 13.9. The summed E-state index contributed by atoms with van der Waals surface area (Å²) in [5, 5.41) is 3.73. The van der Waals surface area contributed by atoms with E-state index in [1.807, 2.05) is 0 Å². The first-order valence-corrected chi connectivity index (χ1v) is 8.83. The van der Waals surface area contributed by atoms with Crippen LogP contribution in [0.1, 0.15) is 85.5 Å². The first-order valence-electron chi connectivity index (χ1n) is 8.83. The summed E-state index contributed by atoms with van der Waals surface area (Å²) in [6.07, 6.45) is 12.8. The van der Waals surface area contributed by atoms with E-state index in [1.165, 1.54) is 64.3 Å². The monoisotopic (exact) mass is 267 g/mol. The van der Waals surface area contributed by atoms with Crippen molar-refractivity contribution in [1.82, 2.24) is 5.32 Å². The van der Waals surface area contributed by atoms with E-state index in [-0.39, 0.29) is 0 Å². The molecule has 114 valence electrons. The van der Waals surface area contributed by atoms with Crippen molar-refractivity contribution >= 4 is 0 Å². The van der Waals surface area contributed by atoms with Gasteiger partial charge < -0.3 is 5.32 Å². The quantitative estimate of drug-likeness (QED) is 0.620. The summed E-state index contributed by atoms with van der Waals surface area (Å²) in [5.41, 5.74) is 0. The molecule has 1 heteroatoms. The molecule has 0 spiro atoms. The minimum absolute atomic E-state index is 0.691. The lowest BCUT2D eigenvalue weighted by molar-refractivity contribution is 0.334. The summed E-state index contributed by atoms with van der Waals surface area (Å²) in [4.78, 5) is 0. The van der Waals surface area contributed by atoms with Gasteiger partial charge in [-0.25, -0.2) is 0 Å². The first kappa shape index (κ1) is 17.0. The van der Waals surface area contributed by atoms with E-state index in [0.717, 1.165) is 17.8 Å². The molecule has 1 fully saturated rings. The average molecular weight is 268 g/mol. The smallest absolute Gasteiger partial charge is 0.00643 e. The van der Waals surface area contributed by atoms with Crippen LogP contribution >= 0.6 is 0 Å². The highest BCUT2D eigenvalue weighted by Crippen LogP contribution is 2.23. The third kappa shape index (κ3) is 7.97. The molecule has 0 bridgehead atoms. The third-order valence-electron chi connectivity index (χ3n) is 5.20. The van der Waals surface area contributed by atoms with Crippen molar-refractivity contribution in [2.24, 2.45) is 17.8 Å². The highest BCUT2D eigenvalue weighted by molar-refractivity contribution is 4.70. The molecule has 0 aliphatic carbocycles. The van der Waals surface area contributed by atoms with Crippen LogP contribution in [0.2, 0.25) is 0 Å². The molecular formula is C18H37N. The average Bonchev–Trinajstić information content (AvgIpc) is 2.39. The van der Waals surface area contributed by atoms with E-state index in [4.69, 9.17) is 0 Å². The van der Waals surface area contributed by atoms with Crippen LogP contribution in [0, 0.1) is 17.8 Å². The van der Waals surface area contributed by atoms with Crippen LogP contribution in [0.15, 0.2) is 0 Å². The predicted molar refractivity (Wildman–Crippen MR) is 86.5 cm³/mol. The van der Waals surface area contributed by atoms with E-state index in [0.29, 0.717) is 6.04 Å². The Labute approximate surface area is 121 Å². The molecular weight excluding hydrogens is 230 g/mol. The molecule has 0 radical (unpaired) electrons. The van der Waals surface area contributed by atoms with Gasteiger partial charge in [0.2, 0.25) is 0 Å². The summed E-state index contributed by atoms with van der Waals surface area (Å²) in [6, 6.07) is 0.691. The standard InChI is InChI=1S/C18H37N/c1-15-9-6-5-7-14-19-18(4)17(3)13-12-16(2)11-8-10-15/h15-19H,5-14H2,1-4H3/t15?,16-,17?,18?/m0/s1. The van der Waals surface area contributed by atoms with Crippen LogP contribution in [0.25, 0.3) is 0 Å². The predicted octanol–water partition coefficient (Wildman–Crippen LogP) is 5.40. The molecule has 3 unspecified atom stereocenters. The highest BCUT2D eigenvalue weighted by Gasteiger charge is 2.14. The third-order valence-corrected chi connectivity index (χ3v) is 5.20. The molecule has 19 heavy (non-hydrogen) atoms. The van der Waals surface area contributed by atoms with Gasteiger partial charge in [-0.15, -0.1) is 0 Å². The lowest BCUT2D eigenvalue weighted by Crippen LogP contribution is -2.33. The molecule has 0 aromatic rings. The Morgan fingerprint density at radius 1 is 0.632 bits per heavy atom. The molecule has 1 saturated heterocycles. The van der Waals surface area contributed by atoms with Gasteiger partial charge in [0.05, 0.1) is 0 Å². The van der Waals surface area contributed by atoms with E-state index < -0.39 is 0 Å². The van der Waals surface area contributed by atoms with E-state index in [2.05, 4.69) is 33.0 Å². The van der Waals surface area contributed by atoms with Crippen LogP contribution in [-0.4, -0.2) is 12.6 Å². The molecule has 0 aromatic heterocycles. The Morgan fingerprint density at radius 3 is 2.00 bits per heavy atom. The van der Waals surface area contributed by atoms with Gasteiger partial charge in [0.1, 0.15) is 0 Å². The molecule has 1 N–H and O–H groups in total. The number of rotatable bonds is 0. The van der Waals surface area contributed by atoms with Crippen molar-refractivity contribution < 1.29 is 0 Å². The van der Waals surface area contributed by atoms with Crippen LogP contribution < -0.4 is 5.32 Å². The van der Waals surface area contributed by atoms with Crippen molar-refractivity contribution in [3.05, 3.63) is 0 Å². The number of nitrogens with one attached hydrogen (secondary N) is 1. The maximum absolute atomic E-state index is 3.73. The normalized spacial score (nSPS) is 37.3. The molecule has 0 amide bonds. The molecule has 1 aliphatic heterocycles. The van der Waals surface area contributed by atoms with E-state index in [9.17, 15) is 0 Å². The van der Waals surface area contributed by atoms with Crippen LogP contribution in [-0.2, 0) is 0 Å². The summed E-state index contributed by atoms with van der Waals surface area (Å²) < 4.78 is 0. The lowest BCUT2D eigenvalue weighted by atomic mass is 9.89. The maximum atomic E-state index is 3.73. The second-order valence-electron chi connectivity index (χ2n) is 7.29. The first-order chi connectivity index (χ1) is 9.09. The van der Waals surface area contributed by atoms with Crippen molar-refractivity contribution in [2.75, 3.05) is 6.54 Å². The minimum Gasteiger partial charge on any atom is -0.314 e. The SMILES string of the molecule is CC1CCCCCNC(C)C(C)CC[C@@H](C)CCC1. The summed E-state index contributed by atoms with van der Waals surface area (Å²) >= 11 is 0. The zero-order valence-electron chi connectivity index (χ0n) is 13.9. The maximum Gasteiger partial charge on any atom is 0.00643 e. The Bertz CT molecular complexity index is 214. The summed E-state index contributed by atoms with van der Waals surface area (Å²) in [7, 11) is 0. The Balaban J connectivity index is 2.37. The van der Waals surface area contributed by atoms with Gasteiger partial charge in [-0.2, -0.15) is 0 Å². The van der Waals surface area contributed by atoms with Crippen LogP contribution in [0.5, 0.6) is 0 Å². The van der Waals surface area contributed by atoms with Gasteiger partial charge in [0.25, 0.3) is 0 Å². The molecule has 1 nitrogen and oxygen atoms in total. The minimum atomic E-state index is 0.691. The fourth-order valence-electron chi connectivity index (χ4n) is 3.23. The van der Waals surface area contributed by atoms with Gasteiger partial charge in [-0.05, 0) is 44.1 Å². The van der Waals surface area contributed by atoms with Gasteiger partial charge in [0, 0.05) is 6.04 Å². The second kappa shape index (κ2) is 9.80. The molecule has 4 atom stereocenters. The van der Waals surface area contributed by atoms with Crippen LogP contribution in [0.4, 0.5) is 0 Å². The van der Waals surface area contributed by atoms with Crippen molar-refractivity contribution in [3.63, 3.8) is 0 Å². The van der Waals surface area contributed by atoms with Gasteiger partial charge in [-0.3, -0.25) is 0 Å². The molecule has 0 aromatic carbocycles. The van der Waals surface area contributed by atoms with E-state index >= 15 is 0 Å². The van der Waals surface area contributed by atoms with Crippen molar-refractivity contribution in [3.8, 4) is 0 Å². The van der Waals surface area contributed by atoms with E-state index in [1.54, 1.807) is 0 Å². The number of hydrogen-bond donors (Lipinski definition) is 1. The van der Waals surface area contributed by atoms with Gasteiger partial charge in [0.15, 0.2) is 0 Å². The van der Waals surface area contributed by atoms with Crippen LogP contribution in [0.3, 0.4) is 0 Å². The summed E-state index contributed by atoms with van der Waals surface area (Å²) in [5.74, 6) is 2.70. The number of hydrogen-bond acceptors (Lipinski definition) is 1. The second-order valence-corrected chi connectivity index (χ2v) is 7.29. The highest BCUT2D eigenvalue weighted by atomic mass is 14.9. The fourth-order valence-corrected chi connectivity index (χ4v) is 3.23. The fraction of sp³-hybridized carbons (Fsp3) is 1.00.